The number of nitrogens with one attached hydrogen (secondary N) is 1. The Bertz CT molecular complexity index is 1790. The summed E-state index contributed by atoms with van der Waals surface area (Å²) < 4.78 is 34.8. The lowest BCUT2D eigenvalue weighted by Gasteiger charge is -2.34. The van der Waals surface area contributed by atoms with E-state index < -0.39 is 28.5 Å². The maximum Gasteiger partial charge on any atom is 0.264 e. The molecule has 0 bridgehead atoms. The lowest BCUT2D eigenvalue weighted by Crippen LogP contribution is -2.54. The Morgan fingerprint density at radius 1 is 0.894 bits per heavy atom. The highest BCUT2D eigenvalue weighted by molar-refractivity contribution is 7.92. The van der Waals surface area contributed by atoms with E-state index >= 15 is 0 Å². The largest absolute Gasteiger partial charge is 0.495 e. The number of methoxy groups -OCH3 is 1. The highest BCUT2D eigenvalue weighted by Gasteiger charge is 2.35. The minimum Gasteiger partial charge on any atom is -0.495 e. The van der Waals surface area contributed by atoms with Gasteiger partial charge < -0.3 is 15.0 Å². The zero-order valence-electron chi connectivity index (χ0n) is 26.8. The molecule has 0 saturated carbocycles. The van der Waals surface area contributed by atoms with E-state index in [0.29, 0.717) is 22.8 Å². The summed E-state index contributed by atoms with van der Waals surface area (Å²) in [6, 6.07) is 26.2. The standard InChI is InChI=1S/C36H39Cl2N3O5S/c1-5-26(3)39-36(43)33(21-27-10-7-6-8-11-27)40(23-28-12-9-13-29(37)20-28)35(42)24-41(30-16-19-34(46-4)32(38)22-30)47(44,45)31-17-14-25(2)15-18-31/h6-20,22,26,33H,5,21,23-24H2,1-4H3,(H,39,43)/t26-,33+/m0/s1. The molecule has 0 spiro atoms. The van der Waals surface area contributed by atoms with Gasteiger partial charge in [-0.1, -0.05) is 90.3 Å². The second-order valence-electron chi connectivity index (χ2n) is 11.3. The predicted molar refractivity (Wildman–Crippen MR) is 188 cm³/mol. The van der Waals surface area contributed by atoms with E-state index in [-0.39, 0.29) is 40.5 Å². The van der Waals surface area contributed by atoms with Crippen LogP contribution in [0.25, 0.3) is 0 Å². The van der Waals surface area contributed by atoms with Gasteiger partial charge in [0.05, 0.1) is 22.7 Å². The molecule has 0 aliphatic heterocycles. The molecule has 11 heteroatoms. The number of halogens is 2. The van der Waals surface area contributed by atoms with Gasteiger partial charge in [-0.2, -0.15) is 0 Å². The molecule has 248 valence electrons. The summed E-state index contributed by atoms with van der Waals surface area (Å²) in [5.74, 6) is -0.589. The lowest BCUT2D eigenvalue weighted by molar-refractivity contribution is -0.140. The quantitative estimate of drug-likeness (QED) is 0.152. The molecule has 0 saturated heterocycles. The molecule has 47 heavy (non-hydrogen) atoms. The molecule has 2 atom stereocenters. The Hall–Kier alpha value is -4.05. The number of carbonyl (C=O) groups is 2. The minimum atomic E-state index is -4.28. The van der Waals surface area contributed by atoms with Crippen molar-refractivity contribution in [3.63, 3.8) is 0 Å². The third-order valence-corrected chi connectivity index (χ3v) is 10.1. The number of hydrogen-bond acceptors (Lipinski definition) is 5. The van der Waals surface area contributed by atoms with Crippen LogP contribution in [-0.4, -0.2) is 50.9 Å². The van der Waals surface area contributed by atoms with Gasteiger partial charge in [-0.05, 0) is 73.9 Å². The average Bonchev–Trinajstić information content (AvgIpc) is 3.05. The molecule has 4 aromatic rings. The number of sulfonamides is 1. The van der Waals surface area contributed by atoms with Crippen LogP contribution in [0.15, 0.2) is 102 Å². The zero-order chi connectivity index (χ0) is 34.1. The van der Waals surface area contributed by atoms with Gasteiger partial charge in [-0.25, -0.2) is 8.42 Å². The first-order chi connectivity index (χ1) is 22.4. The molecule has 8 nitrogen and oxygen atoms in total. The van der Waals surface area contributed by atoms with E-state index in [0.717, 1.165) is 15.4 Å². The molecular weight excluding hydrogens is 657 g/mol. The summed E-state index contributed by atoms with van der Waals surface area (Å²) in [5, 5.41) is 3.67. The summed E-state index contributed by atoms with van der Waals surface area (Å²) in [6.07, 6.45) is 0.890. The van der Waals surface area contributed by atoms with Crippen LogP contribution in [0.3, 0.4) is 0 Å². The van der Waals surface area contributed by atoms with Gasteiger partial charge in [0.25, 0.3) is 10.0 Å². The van der Waals surface area contributed by atoms with E-state index in [2.05, 4.69) is 5.32 Å². The SMILES string of the molecule is CC[C@H](C)NC(=O)[C@@H](Cc1ccccc1)N(Cc1cccc(Cl)c1)C(=O)CN(c1ccc(OC)c(Cl)c1)S(=O)(=O)c1ccc(C)cc1. The molecule has 0 fully saturated rings. The fraction of sp³-hybridized carbons (Fsp3) is 0.278. The van der Waals surface area contributed by atoms with Crippen LogP contribution in [-0.2, 0) is 32.6 Å². The predicted octanol–water partition coefficient (Wildman–Crippen LogP) is 7.06. The van der Waals surface area contributed by atoms with E-state index in [4.69, 9.17) is 27.9 Å². The van der Waals surface area contributed by atoms with E-state index in [1.807, 2.05) is 57.2 Å². The molecule has 0 aliphatic rings. The fourth-order valence-electron chi connectivity index (χ4n) is 5.00. The molecule has 0 aromatic heterocycles. The van der Waals surface area contributed by atoms with Crippen molar-refractivity contribution in [2.75, 3.05) is 18.0 Å². The third kappa shape index (κ3) is 9.28. The van der Waals surface area contributed by atoms with Gasteiger partial charge in [0.2, 0.25) is 11.8 Å². The number of rotatable bonds is 14. The second kappa shape index (κ2) is 16.2. The van der Waals surface area contributed by atoms with Gasteiger partial charge in [-0.15, -0.1) is 0 Å². The molecular formula is C36H39Cl2N3O5S. The Morgan fingerprint density at radius 3 is 2.19 bits per heavy atom. The van der Waals surface area contributed by atoms with Crippen molar-refractivity contribution in [2.24, 2.45) is 0 Å². The number of amides is 2. The zero-order valence-corrected chi connectivity index (χ0v) is 29.1. The minimum absolute atomic E-state index is 0.000388. The smallest absolute Gasteiger partial charge is 0.264 e. The van der Waals surface area contributed by atoms with Gasteiger partial charge >= 0.3 is 0 Å². The number of nitrogens with zero attached hydrogens (tertiary/aromatic N) is 2. The third-order valence-electron chi connectivity index (χ3n) is 7.83. The van der Waals surface area contributed by atoms with Crippen LogP contribution in [0.1, 0.15) is 37.0 Å². The topological polar surface area (TPSA) is 96.0 Å². The lowest BCUT2D eigenvalue weighted by atomic mass is 10.0. The Morgan fingerprint density at radius 2 is 1.57 bits per heavy atom. The first-order valence-corrected chi connectivity index (χ1v) is 17.4. The molecule has 0 aliphatic carbocycles. The van der Waals surface area contributed by atoms with Crippen LogP contribution >= 0.6 is 23.2 Å². The Kier molecular flexibility index (Phi) is 12.3. The van der Waals surface area contributed by atoms with Crippen molar-refractivity contribution in [1.82, 2.24) is 10.2 Å². The van der Waals surface area contributed by atoms with Crippen LogP contribution < -0.4 is 14.4 Å². The van der Waals surface area contributed by atoms with E-state index in [1.54, 1.807) is 36.4 Å². The Labute approximate surface area is 287 Å². The number of hydrogen-bond donors (Lipinski definition) is 1. The van der Waals surface area contributed by atoms with Crippen LogP contribution in [0, 0.1) is 6.92 Å². The number of ether oxygens (including phenoxy) is 1. The summed E-state index contributed by atoms with van der Waals surface area (Å²) in [5.41, 5.74) is 2.56. The van der Waals surface area contributed by atoms with Crippen LogP contribution in [0.5, 0.6) is 5.75 Å². The first kappa shape index (κ1) is 35.8. The fourth-order valence-corrected chi connectivity index (χ4v) is 6.87. The highest BCUT2D eigenvalue weighted by Crippen LogP contribution is 2.32. The number of aryl methyl sites for hydroxylation is 1. The van der Waals surface area contributed by atoms with Gasteiger partial charge in [0.1, 0.15) is 18.3 Å². The number of anilines is 1. The molecule has 0 heterocycles. The summed E-state index contributed by atoms with van der Waals surface area (Å²) in [4.78, 5) is 30.0. The molecule has 4 aromatic carbocycles. The van der Waals surface area contributed by atoms with Crippen molar-refractivity contribution in [3.8, 4) is 5.75 Å². The summed E-state index contributed by atoms with van der Waals surface area (Å²) in [7, 11) is -2.82. The number of benzene rings is 4. The molecule has 4 rings (SSSR count). The van der Waals surface area contributed by atoms with Crippen LogP contribution in [0.2, 0.25) is 10.0 Å². The number of carbonyl (C=O) groups excluding carboxylic acids is 2. The molecule has 0 radical (unpaired) electrons. The van der Waals surface area contributed by atoms with Crippen molar-refractivity contribution in [2.45, 2.75) is 57.1 Å². The monoisotopic (exact) mass is 695 g/mol. The van der Waals surface area contributed by atoms with Gasteiger partial charge in [-0.3, -0.25) is 13.9 Å². The average molecular weight is 697 g/mol. The molecule has 0 unspecified atom stereocenters. The molecule has 1 N–H and O–H groups in total. The maximum atomic E-state index is 14.6. The molecule has 2 amide bonds. The maximum absolute atomic E-state index is 14.6. The van der Waals surface area contributed by atoms with E-state index in [9.17, 15) is 18.0 Å². The van der Waals surface area contributed by atoms with Gasteiger partial charge in [0, 0.05) is 24.0 Å². The summed E-state index contributed by atoms with van der Waals surface area (Å²) in [6.45, 7) is 5.10. The van der Waals surface area contributed by atoms with Crippen molar-refractivity contribution in [3.05, 3.63) is 124 Å². The van der Waals surface area contributed by atoms with Crippen LogP contribution in [0.4, 0.5) is 5.69 Å². The summed E-state index contributed by atoms with van der Waals surface area (Å²) >= 11 is 12.8. The van der Waals surface area contributed by atoms with Crippen molar-refractivity contribution in [1.29, 1.82) is 0 Å². The Balaban J connectivity index is 1.83. The second-order valence-corrected chi connectivity index (χ2v) is 14.0. The van der Waals surface area contributed by atoms with E-state index in [1.165, 1.54) is 36.3 Å². The van der Waals surface area contributed by atoms with Crippen molar-refractivity contribution < 1.29 is 22.7 Å². The van der Waals surface area contributed by atoms with Gasteiger partial charge in [0.15, 0.2) is 0 Å². The first-order valence-electron chi connectivity index (χ1n) is 15.2. The van der Waals surface area contributed by atoms with Crippen molar-refractivity contribution >= 4 is 50.7 Å². The normalized spacial score (nSPS) is 12.6. The highest BCUT2D eigenvalue weighted by atomic mass is 35.5.